The summed E-state index contributed by atoms with van der Waals surface area (Å²) < 4.78 is 26.4. The van der Waals surface area contributed by atoms with Crippen LogP contribution in [0.15, 0.2) is 12.1 Å². The lowest BCUT2D eigenvalue weighted by atomic mass is 9.96. The molecule has 0 bridgehead atoms. The first-order valence-corrected chi connectivity index (χ1v) is 5.89. The number of rotatable bonds is 2. The zero-order valence-electron chi connectivity index (χ0n) is 10.5. The number of aromatic carboxylic acids is 1. The van der Waals surface area contributed by atoms with Gasteiger partial charge in [0.15, 0.2) is 11.6 Å². The smallest absolute Gasteiger partial charge is 0.337 e. The summed E-state index contributed by atoms with van der Waals surface area (Å²) in [7, 11) is 0. The Morgan fingerprint density at radius 3 is 2.20 bits per heavy atom. The fourth-order valence-corrected chi connectivity index (χ4v) is 2.15. The van der Waals surface area contributed by atoms with Crippen LogP contribution in [0.25, 0.3) is 0 Å². The number of nitrogens with zero attached hydrogens (tertiary/aromatic N) is 1. The Morgan fingerprint density at radius 2 is 1.70 bits per heavy atom. The highest BCUT2D eigenvalue weighted by Gasteiger charge is 2.34. The first kappa shape index (κ1) is 14.1. The minimum atomic E-state index is -1.54. The van der Waals surface area contributed by atoms with Crippen LogP contribution >= 0.6 is 0 Å². The van der Waals surface area contributed by atoms with E-state index in [0.29, 0.717) is 17.0 Å². The van der Waals surface area contributed by atoms with Gasteiger partial charge in [0, 0.05) is 18.9 Å². The maximum Gasteiger partial charge on any atom is 0.337 e. The number of amides is 2. The van der Waals surface area contributed by atoms with Crippen LogP contribution in [0.3, 0.4) is 0 Å². The molecule has 106 valence electrons. The Morgan fingerprint density at radius 1 is 1.20 bits per heavy atom. The van der Waals surface area contributed by atoms with Crippen molar-refractivity contribution in [2.24, 2.45) is 5.92 Å². The normalized spacial score (nSPS) is 16.6. The maximum absolute atomic E-state index is 13.3. The molecular weight excluding hydrogens is 272 g/mol. The fraction of sp³-hybridized carbons (Fsp3) is 0.308. The molecule has 20 heavy (non-hydrogen) atoms. The highest BCUT2D eigenvalue weighted by Crippen LogP contribution is 2.29. The van der Waals surface area contributed by atoms with E-state index in [2.05, 4.69) is 0 Å². The van der Waals surface area contributed by atoms with Gasteiger partial charge < -0.3 is 5.11 Å². The van der Waals surface area contributed by atoms with Crippen LogP contribution in [0.5, 0.6) is 0 Å². The third kappa shape index (κ3) is 2.38. The standard InChI is InChI=1S/C13H11F2NO4/c1-6-2-11(17)16(12(18)3-6)10-5-9(15)8(14)4-7(10)13(19)20/h4-6H,2-3H2,1H3,(H,19,20). The molecule has 0 saturated carbocycles. The second kappa shape index (κ2) is 4.99. The van der Waals surface area contributed by atoms with Crippen molar-refractivity contribution in [1.29, 1.82) is 0 Å². The molecule has 0 spiro atoms. The Hall–Kier alpha value is -2.31. The molecule has 0 unspecified atom stereocenters. The lowest BCUT2D eigenvalue weighted by Crippen LogP contribution is -2.43. The molecule has 2 amide bonds. The van der Waals surface area contributed by atoms with Crippen molar-refractivity contribution >= 4 is 23.5 Å². The number of imide groups is 1. The van der Waals surface area contributed by atoms with E-state index in [9.17, 15) is 23.2 Å². The van der Waals surface area contributed by atoms with Crippen molar-refractivity contribution in [3.05, 3.63) is 29.3 Å². The lowest BCUT2D eigenvalue weighted by Gasteiger charge is -2.29. The van der Waals surface area contributed by atoms with E-state index >= 15 is 0 Å². The summed E-state index contributed by atoms with van der Waals surface area (Å²) >= 11 is 0. The van der Waals surface area contributed by atoms with Crippen LogP contribution in [-0.2, 0) is 9.59 Å². The number of anilines is 1. The van der Waals surface area contributed by atoms with Gasteiger partial charge >= 0.3 is 5.97 Å². The Kier molecular flexibility index (Phi) is 3.52. The van der Waals surface area contributed by atoms with Crippen molar-refractivity contribution in [1.82, 2.24) is 0 Å². The first-order chi connectivity index (χ1) is 9.31. The summed E-state index contributed by atoms with van der Waals surface area (Å²) in [6.45, 7) is 1.70. The van der Waals surface area contributed by atoms with Crippen molar-refractivity contribution < 1.29 is 28.3 Å². The SMILES string of the molecule is CC1CC(=O)N(c2cc(F)c(F)cc2C(=O)O)C(=O)C1. The molecule has 1 saturated heterocycles. The molecule has 0 atom stereocenters. The number of carboxylic acid groups (broad SMARTS) is 1. The third-order valence-electron chi connectivity index (χ3n) is 3.05. The number of hydrogen-bond donors (Lipinski definition) is 1. The van der Waals surface area contributed by atoms with Crippen molar-refractivity contribution in [3.8, 4) is 0 Å². The van der Waals surface area contributed by atoms with Crippen LogP contribution in [-0.4, -0.2) is 22.9 Å². The van der Waals surface area contributed by atoms with E-state index < -0.39 is 40.7 Å². The molecule has 0 aromatic heterocycles. The summed E-state index contributed by atoms with van der Waals surface area (Å²) in [5, 5.41) is 9.00. The van der Waals surface area contributed by atoms with Gasteiger partial charge in [0.25, 0.3) is 0 Å². The molecule has 1 aliphatic heterocycles. The third-order valence-corrected chi connectivity index (χ3v) is 3.05. The number of piperidine rings is 1. The highest BCUT2D eigenvalue weighted by atomic mass is 19.2. The fourth-order valence-electron chi connectivity index (χ4n) is 2.15. The van der Waals surface area contributed by atoms with Gasteiger partial charge in [-0.05, 0) is 12.0 Å². The van der Waals surface area contributed by atoms with E-state index in [-0.39, 0.29) is 18.8 Å². The summed E-state index contributed by atoms with van der Waals surface area (Å²) in [6.07, 6.45) is 0.0909. The van der Waals surface area contributed by atoms with Gasteiger partial charge in [0.05, 0.1) is 11.3 Å². The van der Waals surface area contributed by atoms with Crippen molar-refractivity contribution in [2.75, 3.05) is 4.90 Å². The van der Waals surface area contributed by atoms with Gasteiger partial charge in [0.2, 0.25) is 11.8 Å². The monoisotopic (exact) mass is 283 g/mol. The predicted molar refractivity (Wildman–Crippen MR) is 64.2 cm³/mol. The topological polar surface area (TPSA) is 74.7 Å². The van der Waals surface area contributed by atoms with Crippen LogP contribution in [0.4, 0.5) is 14.5 Å². The molecule has 1 N–H and O–H groups in total. The highest BCUT2D eigenvalue weighted by molar-refractivity contribution is 6.18. The van der Waals surface area contributed by atoms with Gasteiger partial charge in [-0.3, -0.25) is 9.59 Å². The number of carboxylic acids is 1. The zero-order valence-corrected chi connectivity index (χ0v) is 10.5. The van der Waals surface area contributed by atoms with E-state index in [4.69, 9.17) is 5.11 Å². The first-order valence-electron chi connectivity index (χ1n) is 5.89. The molecule has 1 aromatic carbocycles. The number of carbonyl (C=O) groups is 3. The number of carbonyl (C=O) groups excluding carboxylic acids is 2. The van der Waals surface area contributed by atoms with Crippen LogP contribution in [0.1, 0.15) is 30.1 Å². The second-order valence-corrected chi connectivity index (χ2v) is 4.72. The van der Waals surface area contributed by atoms with Crippen LogP contribution in [0, 0.1) is 17.6 Å². The molecule has 1 aliphatic rings. The quantitative estimate of drug-likeness (QED) is 0.842. The van der Waals surface area contributed by atoms with E-state index in [0.717, 1.165) is 0 Å². The molecular formula is C13H11F2NO4. The molecule has 0 radical (unpaired) electrons. The minimum Gasteiger partial charge on any atom is -0.478 e. The van der Waals surface area contributed by atoms with Gasteiger partial charge in [-0.15, -0.1) is 0 Å². The number of halogens is 2. The predicted octanol–water partition coefficient (Wildman–Crippen LogP) is 1.95. The Labute approximate surface area is 112 Å². The minimum absolute atomic E-state index is 0.0454. The molecule has 5 nitrogen and oxygen atoms in total. The van der Waals surface area contributed by atoms with Gasteiger partial charge in [-0.2, -0.15) is 0 Å². The van der Waals surface area contributed by atoms with Crippen LogP contribution < -0.4 is 4.90 Å². The summed E-state index contributed by atoms with van der Waals surface area (Å²) in [5.74, 6) is -5.62. The average Bonchev–Trinajstić information content (AvgIpc) is 2.31. The van der Waals surface area contributed by atoms with E-state index in [1.54, 1.807) is 6.92 Å². The molecule has 1 fully saturated rings. The Bertz CT molecular complexity index is 597. The van der Waals surface area contributed by atoms with Crippen molar-refractivity contribution in [2.45, 2.75) is 19.8 Å². The van der Waals surface area contributed by atoms with Gasteiger partial charge in [0.1, 0.15) is 0 Å². The maximum atomic E-state index is 13.3. The van der Waals surface area contributed by atoms with Gasteiger partial charge in [-0.25, -0.2) is 18.5 Å². The summed E-state index contributed by atoms with van der Waals surface area (Å²) in [5.41, 5.74) is -1.06. The molecule has 1 aromatic rings. The lowest BCUT2D eigenvalue weighted by molar-refractivity contribution is -0.130. The van der Waals surface area contributed by atoms with Crippen molar-refractivity contribution in [3.63, 3.8) is 0 Å². The second-order valence-electron chi connectivity index (χ2n) is 4.72. The summed E-state index contributed by atoms with van der Waals surface area (Å²) in [6, 6.07) is 1.02. The average molecular weight is 283 g/mol. The van der Waals surface area contributed by atoms with Gasteiger partial charge in [-0.1, -0.05) is 6.92 Å². The molecule has 7 heteroatoms. The summed E-state index contributed by atoms with van der Waals surface area (Å²) in [4.78, 5) is 35.4. The van der Waals surface area contributed by atoms with E-state index in [1.165, 1.54) is 0 Å². The largest absolute Gasteiger partial charge is 0.478 e. The molecule has 2 rings (SSSR count). The zero-order chi connectivity index (χ0) is 15.0. The van der Waals surface area contributed by atoms with E-state index in [1.807, 2.05) is 0 Å². The Balaban J connectivity index is 2.56. The molecule has 1 heterocycles. The number of hydrogen-bond acceptors (Lipinski definition) is 3. The number of benzene rings is 1. The molecule has 0 aliphatic carbocycles. The van der Waals surface area contributed by atoms with Crippen LogP contribution in [0.2, 0.25) is 0 Å².